The zero-order valence-corrected chi connectivity index (χ0v) is 11.5. The van der Waals surface area contributed by atoms with E-state index in [9.17, 15) is 14.4 Å². The highest BCUT2D eigenvalue weighted by Gasteiger charge is 2.26. The van der Waals surface area contributed by atoms with Crippen LogP contribution >= 0.6 is 0 Å². The molecule has 4 N–H and O–H groups in total. The third-order valence-electron chi connectivity index (χ3n) is 3.04. The number of rotatable bonds is 8. The zero-order chi connectivity index (χ0) is 15.0. The van der Waals surface area contributed by atoms with Crippen LogP contribution in [0.1, 0.15) is 33.1 Å². The summed E-state index contributed by atoms with van der Waals surface area (Å²) in [7, 11) is 1.22. The van der Waals surface area contributed by atoms with E-state index in [-0.39, 0.29) is 18.8 Å². The molecule has 0 saturated carbocycles. The number of hydrogen-bond acceptors (Lipinski definition) is 5. The molecule has 7 heteroatoms. The summed E-state index contributed by atoms with van der Waals surface area (Å²) in [6, 6.07) is -1.90. The molecule has 3 atom stereocenters. The third kappa shape index (κ3) is 6.19. The number of esters is 1. The number of nitrogens with one attached hydrogen (secondary N) is 1. The molecule has 0 aromatic heterocycles. The van der Waals surface area contributed by atoms with Crippen molar-refractivity contribution in [3.63, 3.8) is 0 Å². The number of nitrogens with two attached hydrogens (primary N) is 1. The lowest BCUT2D eigenvalue weighted by atomic mass is 9.99. The maximum atomic E-state index is 11.8. The van der Waals surface area contributed by atoms with Gasteiger partial charge in [-0.15, -0.1) is 0 Å². The molecule has 0 rings (SSSR count). The summed E-state index contributed by atoms with van der Waals surface area (Å²) in [5.74, 6) is -2.29. The Morgan fingerprint density at radius 2 is 1.95 bits per heavy atom. The molecule has 0 aliphatic heterocycles. The maximum Gasteiger partial charge on any atom is 0.326 e. The van der Waals surface area contributed by atoms with Crippen molar-refractivity contribution in [3.05, 3.63) is 0 Å². The minimum absolute atomic E-state index is 0.0268. The van der Waals surface area contributed by atoms with Crippen LogP contribution in [0.4, 0.5) is 0 Å². The first-order chi connectivity index (χ1) is 8.83. The fraction of sp³-hybridized carbons (Fsp3) is 0.750. The fourth-order valence-electron chi connectivity index (χ4n) is 1.40. The van der Waals surface area contributed by atoms with E-state index in [1.807, 2.05) is 13.8 Å². The number of hydrogen-bond donors (Lipinski definition) is 3. The van der Waals surface area contributed by atoms with Gasteiger partial charge in [0.15, 0.2) is 0 Å². The lowest BCUT2D eigenvalue weighted by molar-refractivity contribution is -0.144. The molecule has 7 nitrogen and oxygen atoms in total. The summed E-state index contributed by atoms with van der Waals surface area (Å²) in [4.78, 5) is 33.7. The standard InChI is InChI=1S/C12H22N2O5/c1-4-7(2)10(13)11(16)14-8(12(17)18)5-6-9(15)19-3/h7-8,10H,4-6,13H2,1-3H3,(H,14,16)(H,17,18)/t7?,8-,10?/m1/s1. The molecule has 0 fully saturated rings. The molecule has 0 saturated heterocycles. The van der Waals surface area contributed by atoms with Crippen molar-refractivity contribution in [2.75, 3.05) is 7.11 Å². The molecule has 0 aliphatic carbocycles. The van der Waals surface area contributed by atoms with Crippen LogP contribution in [0.25, 0.3) is 0 Å². The van der Waals surface area contributed by atoms with Crippen molar-refractivity contribution >= 4 is 17.8 Å². The number of carbonyl (C=O) groups is 3. The molecule has 0 bridgehead atoms. The van der Waals surface area contributed by atoms with Crippen LogP contribution in [-0.2, 0) is 19.1 Å². The number of methoxy groups -OCH3 is 1. The first-order valence-electron chi connectivity index (χ1n) is 6.19. The average Bonchev–Trinajstić information content (AvgIpc) is 2.40. The highest BCUT2D eigenvalue weighted by atomic mass is 16.5. The Labute approximate surface area is 112 Å². The summed E-state index contributed by atoms with van der Waals surface area (Å²) in [5, 5.41) is 11.3. The summed E-state index contributed by atoms with van der Waals surface area (Å²) < 4.78 is 4.42. The van der Waals surface area contributed by atoms with Crippen LogP contribution in [0.3, 0.4) is 0 Å². The van der Waals surface area contributed by atoms with E-state index in [4.69, 9.17) is 10.8 Å². The summed E-state index contributed by atoms with van der Waals surface area (Å²) in [6.45, 7) is 3.71. The van der Waals surface area contributed by atoms with E-state index >= 15 is 0 Å². The minimum Gasteiger partial charge on any atom is -0.480 e. The molecule has 19 heavy (non-hydrogen) atoms. The largest absolute Gasteiger partial charge is 0.480 e. The Morgan fingerprint density at radius 3 is 2.37 bits per heavy atom. The lowest BCUT2D eigenvalue weighted by Gasteiger charge is -2.20. The molecule has 0 spiro atoms. The van der Waals surface area contributed by atoms with Gasteiger partial charge < -0.3 is 20.9 Å². The zero-order valence-electron chi connectivity index (χ0n) is 11.5. The number of carboxylic acids is 1. The number of amides is 1. The van der Waals surface area contributed by atoms with Gasteiger partial charge in [-0.05, 0) is 12.3 Å². The van der Waals surface area contributed by atoms with Crippen molar-refractivity contribution in [3.8, 4) is 0 Å². The first kappa shape index (κ1) is 17.4. The highest BCUT2D eigenvalue weighted by molar-refractivity contribution is 5.87. The molecule has 0 aliphatic rings. The van der Waals surface area contributed by atoms with Gasteiger partial charge in [-0.1, -0.05) is 20.3 Å². The second-order valence-corrected chi connectivity index (χ2v) is 4.43. The second kappa shape index (κ2) is 8.47. The Kier molecular flexibility index (Phi) is 7.74. The Balaban J connectivity index is 4.46. The van der Waals surface area contributed by atoms with Gasteiger partial charge in [-0.2, -0.15) is 0 Å². The average molecular weight is 274 g/mol. The van der Waals surface area contributed by atoms with Gasteiger partial charge in [0, 0.05) is 6.42 Å². The van der Waals surface area contributed by atoms with Gasteiger partial charge in [0.2, 0.25) is 5.91 Å². The van der Waals surface area contributed by atoms with Crippen molar-refractivity contribution in [2.45, 2.75) is 45.2 Å². The Bertz CT molecular complexity index is 332. The van der Waals surface area contributed by atoms with Crippen LogP contribution < -0.4 is 11.1 Å². The van der Waals surface area contributed by atoms with Crippen molar-refractivity contribution in [2.24, 2.45) is 11.7 Å². The second-order valence-electron chi connectivity index (χ2n) is 4.43. The molecular formula is C12H22N2O5. The van der Waals surface area contributed by atoms with Crippen LogP contribution in [0.15, 0.2) is 0 Å². The molecule has 0 aromatic rings. The molecule has 0 aromatic carbocycles. The van der Waals surface area contributed by atoms with E-state index in [0.717, 1.165) is 0 Å². The smallest absolute Gasteiger partial charge is 0.326 e. The molecule has 1 amide bonds. The van der Waals surface area contributed by atoms with Gasteiger partial charge in [0.25, 0.3) is 0 Å². The molecule has 110 valence electrons. The predicted octanol–water partition coefficient (Wildman–Crippen LogP) is -0.118. The van der Waals surface area contributed by atoms with Gasteiger partial charge in [0.1, 0.15) is 6.04 Å². The molecule has 0 heterocycles. The van der Waals surface area contributed by atoms with E-state index in [1.54, 1.807) is 0 Å². The van der Waals surface area contributed by atoms with Gasteiger partial charge in [0.05, 0.1) is 13.2 Å². The fourth-order valence-corrected chi connectivity index (χ4v) is 1.40. The van der Waals surface area contributed by atoms with E-state index in [1.165, 1.54) is 7.11 Å². The van der Waals surface area contributed by atoms with Crippen LogP contribution in [0.2, 0.25) is 0 Å². The summed E-state index contributed by atoms with van der Waals surface area (Å²) in [6.07, 6.45) is 0.613. The van der Waals surface area contributed by atoms with Gasteiger partial charge in [-0.3, -0.25) is 9.59 Å². The minimum atomic E-state index is -1.20. The number of aliphatic carboxylic acids is 1. The SMILES string of the molecule is CCC(C)C(N)C(=O)N[C@H](CCC(=O)OC)C(=O)O. The van der Waals surface area contributed by atoms with Crippen LogP contribution in [0.5, 0.6) is 0 Å². The number of carbonyl (C=O) groups excluding carboxylic acids is 2. The van der Waals surface area contributed by atoms with Gasteiger partial charge >= 0.3 is 11.9 Å². The highest BCUT2D eigenvalue weighted by Crippen LogP contribution is 2.07. The maximum absolute atomic E-state index is 11.8. The van der Waals surface area contributed by atoms with E-state index < -0.39 is 29.9 Å². The third-order valence-corrected chi connectivity index (χ3v) is 3.04. The van der Waals surface area contributed by atoms with E-state index in [0.29, 0.717) is 6.42 Å². The number of ether oxygens (including phenoxy) is 1. The first-order valence-corrected chi connectivity index (χ1v) is 6.19. The van der Waals surface area contributed by atoms with E-state index in [2.05, 4.69) is 10.1 Å². The predicted molar refractivity (Wildman–Crippen MR) is 68.2 cm³/mol. The van der Waals surface area contributed by atoms with Crippen LogP contribution in [0, 0.1) is 5.92 Å². The van der Waals surface area contributed by atoms with Gasteiger partial charge in [-0.25, -0.2) is 4.79 Å². The normalized spacial score (nSPS) is 15.2. The topological polar surface area (TPSA) is 119 Å². The summed E-state index contributed by atoms with van der Waals surface area (Å²) >= 11 is 0. The van der Waals surface area contributed by atoms with Crippen molar-refractivity contribution < 1.29 is 24.2 Å². The molecule has 0 radical (unpaired) electrons. The molecule has 2 unspecified atom stereocenters. The lowest BCUT2D eigenvalue weighted by Crippen LogP contribution is -2.50. The Morgan fingerprint density at radius 1 is 1.37 bits per heavy atom. The van der Waals surface area contributed by atoms with Crippen molar-refractivity contribution in [1.82, 2.24) is 5.32 Å². The number of carboxylic acid groups (broad SMARTS) is 1. The monoisotopic (exact) mass is 274 g/mol. The van der Waals surface area contributed by atoms with Crippen molar-refractivity contribution in [1.29, 1.82) is 0 Å². The molecular weight excluding hydrogens is 252 g/mol. The Hall–Kier alpha value is -1.63. The summed E-state index contributed by atoms with van der Waals surface area (Å²) in [5.41, 5.74) is 5.71. The quantitative estimate of drug-likeness (QED) is 0.531. The van der Waals surface area contributed by atoms with Crippen LogP contribution in [-0.4, -0.2) is 42.1 Å².